The molecule has 0 spiro atoms. The van der Waals surface area contributed by atoms with E-state index in [0.717, 1.165) is 31.2 Å². The number of benzene rings is 1. The van der Waals surface area contributed by atoms with E-state index in [4.69, 9.17) is 19.4 Å². The summed E-state index contributed by atoms with van der Waals surface area (Å²) in [5, 5.41) is 7.42. The van der Waals surface area contributed by atoms with Gasteiger partial charge in [-0.15, -0.1) is 4.98 Å². The zero-order chi connectivity index (χ0) is 25.5. The molecule has 2 aromatic rings. The zero-order valence-electron chi connectivity index (χ0n) is 22.7. The Balaban J connectivity index is 1.59. The van der Waals surface area contributed by atoms with E-state index in [-0.39, 0.29) is 34.4 Å². The molecule has 0 aliphatic carbocycles. The molecular formula is C28H43N5O2. The van der Waals surface area contributed by atoms with Gasteiger partial charge in [-0.2, -0.15) is 9.97 Å². The molecule has 2 aliphatic rings. The Hall–Kier alpha value is -2.25. The molecule has 0 unspecified atom stereocenters. The zero-order valence-corrected chi connectivity index (χ0v) is 22.7. The largest absolute Gasteiger partial charge is 0.460 e. The van der Waals surface area contributed by atoms with Gasteiger partial charge in [0, 0.05) is 54.3 Å². The van der Waals surface area contributed by atoms with E-state index in [1.165, 1.54) is 0 Å². The predicted molar refractivity (Wildman–Crippen MR) is 139 cm³/mol. The minimum atomic E-state index is -0.0299. The summed E-state index contributed by atoms with van der Waals surface area (Å²) < 4.78 is 12.8. The van der Waals surface area contributed by atoms with E-state index in [1.54, 1.807) is 0 Å². The summed E-state index contributed by atoms with van der Waals surface area (Å²) >= 11 is 0. The Morgan fingerprint density at radius 3 is 1.46 bits per heavy atom. The number of hydrogen-bond donors (Lipinski definition) is 2. The van der Waals surface area contributed by atoms with Crippen molar-refractivity contribution < 1.29 is 9.47 Å². The number of piperidine rings is 2. The van der Waals surface area contributed by atoms with Crippen molar-refractivity contribution in [1.29, 1.82) is 0 Å². The monoisotopic (exact) mass is 481 g/mol. The summed E-state index contributed by atoms with van der Waals surface area (Å²) in [6.07, 6.45) is 4.14. The number of rotatable bonds is 6. The number of nitrogens with one attached hydrogen (secondary N) is 2. The number of aromatic nitrogens is 3. The van der Waals surface area contributed by atoms with Crippen molar-refractivity contribution in [2.75, 3.05) is 0 Å². The van der Waals surface area contributed by atoms with Gasteiger partial charge in [0.2, 0.25) is 0 Å². The van der Waals surface area contributed by atoms with Gasteiger partial charge in [-0.05, 0) is 61.0 Å². The number of ether oxygens (including phenoxy) is 2. The van der Waals surface area contributed by atoms with E-state index >= 15 is 0 Å². The molecule has 1 aromatic heterocycles. The lowest BCUT2D eigenvalue weighted by Crippen LogP contribution is -2.60. The molecule has 0 amide bonds. The van der Waals surface area contributed by atoms with Gasteiger partial charge in [-0.25, -0.2) is 0 Å². The summed E-state index contributed by atoms with van der Waals surface area (Å²) in [7, 11) is 0. The highest BCUT2D eigenvalue weighted by Crippen LogP contribution is 2.33. The summed E-state index contributed by atoms with van der Waals surface area (Å²) in [6.45, 7) is 17.7. The highest BCUT2D eigenvalue weighted by molar-refractivity contribution is 5.20. The van der Waals surface area contributed by atoms with E-state index in [0.29, 0.717) is 24.3 Å². The van der Waals surface area contributed by atoms with Crippen molar-refractivity contribution in [3.8, 4) is 12.0 Å². The van der Waals surface area contributed by atoms with Crippen LogP contribution in [-0.4, -0.2) is 49.3 Å². The second kappa shape index (κ2) is 9.32. The number of hydrogen-bond acceptors (Lipinski definition) is 7. The van der Waals surface area contributed by atoms with Gasteiger partial charge >= 0.3 is 12.0 Å². The van der Waals surface area contributed by atoms with Crippen LogP contribution < -0.4 is 20.1 Å². The summed E-state index contributed by atoms with van der Waals surface area (Å²) in [6, 6.07) is 11.0. The van der Waals surface area contributed by atoms with E-state index in [9.17, 15) is 0 Å². The van der Waals surface area contributed by atoms with Crippen LogP contribution in [0.3, 0.4) is 0 Å². The normalized spacial score (nSPS) is 23.5. The Morgan fingerprint density at radius 1 is 0.657 bits per heavy atom. The lowest BCUT2D eigenvalue weighted by atomic mass is 9.81. The van der Waals surface area contributed by atoms with Crippen LogP contribution in [0.5, 0.6) is 12.0 Å². The smallest absolute Gasteiger partial charge is 0.323 e. The van der Waals surface area contributed by atoms with Crippen molar-refractivity contribution in [2.45, 2.75) is 122 Å². The maximum absolute atomic E-state index is 6.42. The van der Waals surface area contributed by atoms with Gasteiger partial charge in [0.05, 0.1) is 0 Å². The van der Waals surface area contributed by atoms with Gasteiger partial charge in [0.15, 0.2) is 0 Å². The van der Waals surface area contributed by atoms with Crippen LogP contribution in [0.1, 0.15) is 92.5 Å². The fourth-order valence-corrected chi connectivity index (χ4v) is 6.26. The van der Waals surface area contributed by atoms with Crippen LogP contribution in [0.2, 0.25) is 0 Å². The first kappa shape index (κ1) is 25.8. The average molecular weight is 482 g/mol. The first-order chi connectivity index (χ1) is 16.2. The van der Waals surface area contributed by atoms with Gasteiger partial charge < -0.3 is 20.1 Å². The van der Waals surface area contributed by atoms with Crippen molar-refractivity contribution in [2.24, 2.45) is 0 Å². The molecule has 192 valence electrons. The van der Waals surface area contributed by atoms with Crippen LogP contribution in [0, 0.1) is 0 Å². The van der Waals surface area contributed by atoms with Gasteiger partial charge in [-0.3, -0.25) is 0 Å². The van der Waals surface area contributed by atoms with Gasteiger partial charge in [0.1, 0.15) is 18.0 Å². The third-order valence-electron chi connectivity index (χ3n) is 6.70. The molecular weight excluding hydrogens is 438 g/mol. The Morgan fingerprint density at radius 2 is 1.06 bits per heavy atom. The maximum Gasteiger partial charge on any atom is 0.323 e. The molecule has 2 aliphatic heterocycles. The van der Waals surface area contributed by atoms with Gasteiger partial charge in [-0.1, -0.05) is 30.3 Å². The molecule has 2 fully saturated rings. The molecule has 7 nitrogen and oxygen atoms in total. The SMILES string of the molecule is CC1(C)CC(Oc2nc(Cc3ccccc3)nc(OC3CC(C)(C)NC(C)(C)C3)n2)CC(C)(C)N1. The van der Waals surface area contributed by atoms with E-state index < -0.39 is 0 Å². The van der Waals surface area contributed by atoms with Crippen molar-refractivity contribution in [1.82, 2.24) is 25.6 Å². The third-order valence-corrected chi connectivity index (χ3v) is 6.70. The molecule has 2 saturated heterocycles. The van der Waals surface area contributed by atoms with Gasteiger partial charge in [0.25, 0.3) is 0 Å². The molecule has 0 bridgehead atoms. The minimum absolute atomic E-state index is 0.0119. The Bertz CT molecular complexity index is 929. The third kappa shape index (κ3) is 7.37. The van der Waals surface area contributed by atoms with Crippen LogP contribution in [0.25, 0.3) is 0 Å². The molecule has 2 N–H and O–H groups in total. The molecule has 4 rings (SSSR count). The van der Waals surface area contributed by atoms with Crippen molar-refractivity contribution >= 4 is 0 Å². The Kier molecular flexibility index (Phi) is 6.88. The van der Waals surface area contributed by atoms with Crippen molar-refractivity contribution in [3.05, 3.63) is 41.7 Å². The summed E-state index contributed by atoms with van der Waals surface area (Å²) in [5.41, 5.74) is 1.02. The lowest BCUT2D eigenvalue weighted by molar-refractivity contribution is 0.0410. The number of nitrogens with zero attached hydrogens (tertiary/aromatic N) is 3. The van der Waals surface area contributed by atoms with Crippen LogP contribution in [0.15, 0.2) is 30.3 Å². The first-order valence-electron chi connectivity index (χ1n) is 12.9. The highest BCUT2D eigenvalue weighted by Gasteiger charge is 2.40. The maximum atomic E-state index is 6.42. The van der Waals surface area contributed by atoms with Crippen LogP contribution >= 0.6 is 0 Å². The summed E-state index contributed by atoms with van der Waals surface area (Å²) in [4.78, 5) is 14.1. The topological polar surface area (TPSA) is 81.2 Å². The fourth-order valence-electron chi connectivity index (χ4n) is 6.26. The first-order valence-corrected chi connectivity index (χ1v) is 12.9. The molecule has 0 atom stereocenters. The standard InChI is InChI=1S/C28H43N5O2/c1-25(2)15-20(16-26(3,4)32-25)34-23-29-22(14-19-12-10-9-11-13-19)30-24(31-23)35-21-17-27(5,6)33-28(7,8)18-21/h9-13,20-21,32-33H,14-18H2,1-8H3. The van der Waals surface area contributed by atoms with Crippen LogP contribution in [0.4, 0.5) is 0 Å². The quantitative estimate of drug-likeness (QED) is 0.611. The lowest BCUT2D eigenvalue weighted by Gasteiger charge is -2.46. The minimum Gasteiger partial charge on any atom is -0.460 e. The molecule has 35 heavy (non-hydrogen) atoms. The van der Waals surface area contributed by atoms with E-state index in [2.05, 4.69) is 83.1 Å². The highest BCUT2D eigenvalue weighted by atomic mass is 16.5. The second-order valence-corrected chi connectivity index (χ2v) is 13.1. The predicted octanol–water partition coefficient (Wildman–Crippen LogP) is 4.84. The van der Waals surface area contributed by atoms with Crippen LogP contribution in [-0.2, 0) is 6.42 Å². The second-order valence-electron chi connectivity index (χ2n) is 13.1. The Labute approximate surface area is 210 Å². The molecule has 0 saturated carbocycles. The average Bonchev–Trinajstić information content (AvgIpc) is 2.63. The molecule has 7 heteroatoms. The fraction of sp³-hybridized carbons (Fsp3) is 0.679. The molecule has 3 heterocycles. The van der Waals surface area contributed by atoms with E-state index in [1.807, 2.05) is 18.2 Å². The molecule has 0 radical (unpaired) electrons. The van der Waals surface area contributed by atoms with Crippen molar-refractivity contribution in [3.63, 3.8) is 0 Å². The molecule has 1 aromatic carbocycles. The summed E-state index contributed by atoms with van der Waals surface area (Å²) in [5.74, 6) is 0.663.